The van der Waals surface area contributed by atoms with E-state index in [0.29, 0.717) is 5.69 Å². The number of hydrogen-bond donors (Lipinski definition) is 2. The summed E-state index contributed by atoms with van der Waals surface area (Å²) in [6, 6.07) is 7.04. The zero-order valence-electron chi connectivity index (χ0n) is 12.0. The van der Waals surface area contributed by atoms with Gasteiger partial charge >= 0.3 is 0 Å². The van der Waals surface area contributed by atoms with Crippen LogP contribution in [0.1, 0.15) is 26.3 Å². The van der Waals surface area contributed by atoms with E-state index in [4.69, 9.17) is 5.73 Å². The summed E-state index contributed by atoms with van der Waals surface area (Å²) in [5.74, 6) is -0.212. The maximum absolute atomic E-state index is 11.5. The van der Waals surface area contributed by atoms with Crippen LogP contribution < -0.4 is 5.73 Å². The van der Waals surface area contributed by atoms with Crippen LogP contribution in [0.2, 0.25) is 0 Å². The molecule has 0 saturated carbocycles. The third-order valence-corrected chi connectivity index (χ3v) is 2.91. The molecule has 1 rings (SSSR count). The minimum atomic E-state index is -0.642. The van der Waals surface area contributed by atoms with Crippen molar-refractivity contribution < 1.29 is 9.90 Å². The van der Waals surface area contributed by atoms with Gasteiger partial charge in [0.05, 0.1) is 12.1 Å². The Balaban J connectivity index is 2.69. The summed E-state index contributed by atoms with van der Waals surface area (Å²) >= 11 is 0. The number of carbonyl (C=O) groups is 1. The first-order valence-electron chi connectivity index (χ1n) is 6.46. The minimum absolute atomic E-state index is 0.212. The molecule has 1 aromatic carbocycles. The van der Waals surface area contributed by atoms with Gasteiger partial charge < -0.3 is 10.8 Å². The molecule has 0 spiro atoms. The maximum atomic E-state index is 11.5. The van der Waals surface area contributed by atoms with E-state index in [0.717, 1.165) is 5.56 Å². The van der Waals surface area contributed by atoms with E-state index in [-0.39, 0.29) is 11.9 Å². The fourth-order valence-electron chi connectivity index (χ4n) is 1.55. The molecule has 5 heteroatoms. The van der Waals surface area contributed by atoms with Crippen LogP contribution >= 0.6 is 0 Å². The van der Waals surface area contributed by atoms with Crippen LogP contribution in [0.4, 0.5) is 5.69 Å². The Labute approximate surface area is 119 Å². The molecule has 0 saturated heterocycles. The van der Waals surface area contributed by atoms with Crippen molar-refractivity contribution >= 4 is 23.9 Å². The van der Waals surface area contributed by atoms with Gasteiger partial charge in [-0.05, 0) is 37.6 Å². The molecule has 20 heavy (non-hydrogen) atoms. The van der Waals surface area contributed by atoms with Gasteiger partial charge in [-0.1, -0.05) is 18.2 Å². The summed E-state index contributed by atoms with van der Waals surface area (Å²) < 4.78 is 0. The number of nitrogen functional groups attached to an aromatic ring is 1. The zero-order valence-corrected chi connectivity index (χ0v) is 12.0. The van der Waals surface area contributed by atoms with Crippen LogP contribution in [0.3, 0.4) is 0 Å². The van der Waals surface area contributed by atoms with E-state index in [1.54, 1.807) is 19.9 Å². The number of nitrogens with two attached hydrogens (primary N) is 1. The van der Waals surface area contributed by atoms with Crippen molar-refractivity contribution in [2.45, 2.75) is 32.9 Å². The number of benzene rings is 1. The lowest BCUT2D eigenvalue weighted by atomic mass is 10.2. The van der Waals surface area contributed by atoms with E-state index in [1.165, 1.54) is 18.1 Å². The molecule has 108 valence electrons. The van der Waals surface area contributed by atoms with Crippen LogP contribution in [-0.2, 0) is 4.79 Å². The summed E-state index contributed by atoms with van der Waals surface area (Å²) in [5.41, 5.74) is 7.30. The number of carbonyl (C=O) groups excluding carboxylic acids is 1. The van der Waals surface area contributed by atoms with Crippen molar-refractivity contribution in [1.29, 1.82) is 0 Å². The highest BCUT2D eigenvalue weighted by molar-refractivity contribution is 5.80. The summed E-state index contributed by atoms with van der Waals surface area (Å²) in [6.07, 6.45) is 4.47. The standard InChI is InChI=1S/C15H21N3O2/c1-11(12(2)19)18(13(3)20)17-10-4-5-14-6-8-15(16)9-7-14/h4-12,19H,16H2,1-3H3/b5-4-,17-10-. The molecular weight excluding hydrogens is 254 g/mol. The van der Waals surface area contributed by atoms with E-state index < -0.39 is 6.10 Å². The van der Waals surface area contributed by atoms with Crippen LogP contribution in [-0.4, -0.2) is 34.4 Å². The van der Waals surface area contributed by atoms with Crippen LogP contribution in [0.25, 0.3) is 6.08 Å². The summed E-state index contributed by atoms with van der Waals surface area (Å²) in [5, 5.41) is 14.8. The average molecular weight is 275 g/mol. The molecule has 2 unspecified atom stereocenters. The fraction of sp³-hybridized carbons (Fsp3) is 0.333. The fourth-order valence-corrected chi connectivity index (χ4v) is 1.55. The SMILES string of the molecule is CC(=O)N(/N=C\C=C/c1ccc(N)cc1)C(C)C(C)O. The smallest absolute Gasteiger partial charge is 0.239 e. The second-order valence-corrected chi connectivity index (χ2v) is 4.64. The highest BCUT2D eigenvalue weighted by Gasteiger charge is 2.19. The molecule has 3 N–H and O–H groups in total. The minimum Gasteiger partial charge on any atom is -0.399 e. The number of hydrogen-bond acceptors (Lipinski definition) is 4. The molecule has 0 aromatic heterocycles. The van der Waals surface area contributed by atoms with Gasteiger partial charge in [0, 0.05) is 18.8 Å². The molecule has 5 nitrogen and oxygen atoms in total. The molecule has 1 aromatic rings. The number of allylic oxidation sites excluding steroid dienone is 1. The van der Waals surface area contributed by atoms with Gasteiger partial charge in [-0.25, -0.2) is 5.01 Å². The second kappa shape index (κ2) is 7.45. The summed E-state index contributed by atoms with van der Waals surface area (Å²) in [4.78, 5) is 11.5. The molecule has 1 amide bonds. The highest BCUT2D eigenvalue weighted by atomic mass is 16.3. The lowest BCUT2D eigenvalue weighted by Gasteiger charge is -2.24. The number of aliphatic hydroxyl groups excluding tert-OH is 1. The lowest BCUT2D eigenvalue weighted by molar-refractivity contribution is -0.132. The normalized spacial score (nSPS) is 14.6. The van der Waals surface area contributed by atoms with E-state index >= 15 is 0 Å². The van der Waals surface area contributed by atoms with Crippen LogP contribution in [0.5, 0.6) is 0 Å². The quantitative estimate of drug-likeness (QED) is 0.489. The van der Waals surface area contributed by atoms with E-state index in [1.807, 2.05) is 30.3 Å². The summed E-state index contributed by atoms with van der Waals surface area (Å²) in [7, 11) is 0. The monoisotopic (exact) mass is 275 g/mol. The molecular formula is C15H21N3O2. The van der Waals surface area contributed by atoms with Crippen molar-refractivity contribution in [3.8, 4) is 0 Å². The maximum Gasteiger partial charge on any atom is 0.239 e. The number of nitrogens with zero attached hydrogens (tertiary/aromatic N) is 2. The van der Waals surface area contributed by atoms with Gasteiger partial charge in [-0.2, -0.15) is 5.10 Å². The zero-order chi connectivity index (χ0) is 15.1. The predicted octanol–water partition coefficient (Wildman–Crippen LogP) is 1.89. The van der Waals surface area contributed by atoms with Crippen molar-refractivity contribution in [2.24, 2.45) is 5.10 Å². The van der Waals surface area contributed by atoms with Crippen molar-refractivity contribution in [1.82, 2.24) is 5.01 Å². The molecule has 2 atom stereocenters. The number of hydrazone groups is 1. The van der Waals surface area contributed by atoms with Gasteiger partial charge in [0.15, 0.2) is 0 Å². The third kappa shape index (κ3) is 4.85. The second-order valence-electron chi connectivity index (χ2n) is 4.64. The molecule has 0 bridgehead atoms. The van der Waals surface area contributed by atoms with E-state index in [2.05, 4.69) is 5.10 Å². The Bertz CT molecular complexity index is 492. The van der Waals surface area contributed by atoms with Gasteiger partial charge in [0.2, 0.25) is 5.91 Å². The first kappa shape index (κ1) is 15.9. The van der Waals surface area contributed by atoms with Gasteiger partial charge in [0.1, 0.15) is 0 Å². The molecule has 0 aliphatic rings. The molecule has 0 heterocycles. The molecule has 0 aliphatic carbocycles. The number of aliphatic hydroxyl groups is 1. The van der Waals surface area contributed by atoms with Crippen LogP contribution in [0, 0.1) is 0 Å². The average Bonchev–Trinajstić information content (AvgIpc) is 2.39. The van der Waals surface area contributed by atoms with Gasteiger partial charge in [-0.15, -0.1) is 0 Å². The van der Waals surface area contributed by atoms with Crippen molar-refractivity contribution in [2.75, 3.05) is 5.73 Å². The number of rotatable bonds is 5. The Kier molecular flexibility index (Phi) is 5.93. The number of amides is 1. The topological polar surface area (TPSA) is 78.9 Å². The Morgan fingerprint density at radius 3 is 2.45 bits per heavy atom. The van der Waals surface area contributed by atoms with Gasteiger partial charge in [0.25, 0.3) is 0 Å². The van der Waals surface area contributed by atoms with Crippen molar-refractivity contribution in [3.63, 3.8) is 0 Å². The first-order valence-corrected chi connectivity index (χ1v) is 6.46. The largest absolute Gasteiger partial charge is 0.399 e. The Hall–Kier alpha value is -2.14. The van der Waals surface area contributed by atoms with E-state index in [9.17, 15) is 9.90 Å². The number of anilines is 1. The molecule has 0 fully saturated rings. The molecule has 0 aliphatic heterocycles. The lowest BCUT2D eigenvalue weighted by Crippen LogP contribution is -2.39. The third-order valence-electron chi connectivity index (χ3n) is 2.91. The first-order chi connectivity index (χ1) is 9.41. The highest BCUT2D eigenvalue weighted by Crippen LogP contribution is 2.07. The Morgan fingerprint density at radius 1 is 1.35 bits per heavy atom. The molecule has 0 radical (unpaired) electrons. The predicted molar refractivity (Wildman–Crippen MR) is 82.0 cm³/mol. The van der Waals surface area contributed by atoms with Crippen molar-refractivity contribution in [3.05, 3.63) is 35.9 Å². The Morgan fingerprint density at radius 2 is 1.95 bits per heavy atom. The van der Waals surface area contributed by atoms with Crippen LogP contribution in [0.15, 0.2) is 35.4 Å². The van der Waals surface area contributed by atoms with Gasteiger partial charge in [-0.3, -0.25) is 4.79 Å². The summed E-state index contributed by atoms with van der Waals surface area (Å²) in [6.45, 7) is 4.79.